The van der Waals surface area contributed by atoms with Crippen LogP contribution < -0.4 is 0 Å². The van der Waals surface area contributed by atoms with E-state index < -0.39 is 5.92 Å². The van der Waals surface area contributed by atoms with E-state index in [9.17, 15) is 13.6 Å². The minimum Gasteiger partial charge on any atom is -0.299 e. The maximum atomic E-state index is 13.1. The summed E-state index contributed by atoms with van der Waals surface area (Å²) in [6.07, 6.45) is 0.551. The largest absolute Gasteiger partial charge is 0.299 e. The molecule has 106 valence electrons. The number of hydrogen-bond donors (Lipinski definition) is 0. The summed E-state index contributed by atoms with van der Waals surface area (Å²) in [5.41, 5.74) is 0.899. The van der Waals surface area contributed by atoms with E-state index in [4.69, 9.17) is 0 Å². The second-order valence-corrected chi connectivity index (χ2v) is 6.46. The Kier molecular flexibility index (Phi) is 3.54. The SMILES string of the molecule is O=C(Cc1nc2ccccc2s1)C1CCC(F)(F)CC1. The number of alkyl halides is 2. The van der Waals surface area contributed by atoms with Gasteiger partial charge in [0, 0.05) is 18.8 Å². The van der Waals surface area contributed by atoms with Gasteiger partial charge in [-0.25, -0.2) is 13.8 Å². The molecule has 0 amide bonds. The molecule has 0 aliphatic heterocycles. The number of halogens is 2. The van der Waals surface area contributed by atoms with Crippen molar-refractivity contribution in [1.29, 1.82) is 0 Å². The average molecular weight is 295 g/mol. The van der Waals surface area contributed by atoms with Gasteiger partial charge in [0.25, 0.3) is 0 Å². The van der Waals surface area contributed by atoms with E-state index in [2.05, 4.69) is 4.98 Å². The van der Waals surface area contributed by atoms with Crippen LogP contribution >= 0.6 is 11.3 Å². The number of thiazole rings is 1. The van der Waals surface area contributed by atoms with Crippen LogP contribution in [0, 0.1) is 5.92 Å². The molecule has 1 saturated carbocycles. The van der Waals surface area contributed by atoms with Gasteiger partial charge in [0.05, 0.1) is 16.6 Å². The van der Waals surface area contributed by atoms with Crippen molar-refractivity contribution in [1.82, 2.24) is 4.98 Å². The number of benzene rings is 1. The van der Waals surface area contributed by atoms with Gasteiger partial charge >= 0.3 is 0 Å². The Hall–Kier alpha value is -1.36. The summed E-state index contributed by atoms with van der Waals surface area (Å²) < 4.78 is 27.2. The number of carbonyl (C=O) groups is 1. The molecule has 0 saturated heterocycles. The zero-order chi connectivity index (χ0) is 14.2. The Labute approximate surface area is 119 Å². The maximum absolute atomic E-state index is 13.1. The fourth-order valence-corrected chi connectivity index (χ4v) is 3.63. The van der Waals surface area contributed by atoms with Gasteiger partial charge in [-0.3, -0.25) is 4.79 Å². The third-order valence-corrected chi connectivity index (χ3v) is 4.87. The molecule has 0 atom stereocenters. The highest BCUT2D eigenvalue weighted by Crippen LogP contribution is 2.37. The fourth-order valence-electron chi connectivity index (χ4n) is 2.65. The molecule has 1 aliphatic carbocycles. The third kappa shape index (κ3) is 2.87. The molecule has 0 radical (unpaired) electrons. The van der Waals surface area contributed by atoms with E-state index in [0.717, 1.165) is 15.2 Å². The quantitative estimate of drug-likeness (QED) is 0.848. The van der Waals surface area contributed by atoms with Crippen LogP contribution in [0.5, 0.6) is 0 Å². The van der Waals surface area contributed by atoms with Crippen LogP contribution in [0.15, 0.2) is 24.3 Å². The zero-order valence-electron chi connectivity index (χ0n) is 10.9. The lowest BCUT2D eigenvalue weighted by Crippen LogP contribution is -2.29. The predicted octanol–water partition coefficient (Wildman–Crippen LogP) is 4.23. The number of ketones is 1. The van der Waals surface area contributed by atoms with Crippen molar-refractivity contribution in [2.75, 3.05) is 0 Å². The Balaban J connectivity index is 1.67. The van der Waals surface area contributed by atoms with E-state index in [1.807, 2.05) is 24.3 Å². The summed E-state index contributed by atoms with van der Waals surface area (Å²) in [7, 11) is 0. The molecule has 2 nitrogen and oxygen atoms in total. The van der Waals surface area contributed by atoms with Crippen LogP contribution in [-0.2, 0) is 11.2 Å². The minimum absolute atomic E-state index is 0.0551. The standard InChI is InChI=1S/C15H15F2NOS/c16-15(17)7-5-10(6-8-15)12(19)9-14-18-11-3-1-2-4-13(11)20-14/h1-4,10H,5-9H2. The van der Waals surface area contributed by atoms with E-state index >= 15 is 0 Å². The smallest absolute Gasteiger partial charge is 0.248 e. The number of rotatable bonds is 3. The highest BCUT2D eigenvalue weighted by Gasteiger charge is 2.37. The Morgan fingerprint density at radius 2 is 2.00 bits per heavy atom. The number of Topliss-reactive ketones (excluding diaryl/α,β-unsaturated/α-hetero) is 1. The van der Waals surface area contributed by atoms with E-state index in [0.29, 0.717) is 12.8 Å². The van der Waals surface area contributed by atoms with Crippen molar-refractivity contribution in [2.45, 2.75) is 38.0 Å². The monoisotopic (exact) mass is 295 g/mol. The van der Waals surface area contributed by atoms with E-state index in [1.54, 1.807) is 0 Å². The van der Waals surface area contributed by atoms with Crippen LogP contribution in [0.25, 0.3) is 10.2 Å². The summed E-state index contributed by atoms with van der Waals surface area (Å²) in [6.45, 7) is 0. The average Bonchev–Trinajstić information content (AvgIpc) is 2.80. The summed E-state index contributed by atoms with van der Waals surface area (Å²) in [6, 6.07) is 7.75. The fraction of sp³-hybridized carbons (Fsp3) is 0.467. The highest BCUT2D eigenvalue weighted by molar-refractivity contribution is 7.18. The first-order chi connectivity index (χ1) is 9.53. The molecular weight excluding hydrogens is 280 g/mol. The summed E-state index contributed by atoms with van der Waals surface area (Å²) in [4.78, 5) is 16.6. The van der Waals surface area contributed by atoms with Gasteiger partial charge in [0.15, 0.2) is 0 Å². The topological polar surface area (TPSA) is 30.0 Å². The van der Waals surface area contributed by atoms with Crippen LogP contribution in [0.3, 0.4) is 0 Å². The first-order valence-corrected chi connectivity index (χ1v) is 7.60. The molecule has 1 heterocycles. The van der Waals surface area contributed by atoms with Crippen LogP contribution in [0.2, 0.25) is 0 Å². The number of nitrogens with zero attached hydrogens (tertiary/aromatic N) is 1. The molecule has 5 heteroatoms. The molecular formula is C15H15F2NOS. The van der Waals surface area contributed by atoms with Crippen LogP contribution in [0.4, 0.5) is 8.78 Å². The van der Waals surface area contributed by atoms with Gasteiger partial charge in [-0.2, -0.15) is 0 Å². The van der Waals surface area contributed by atoms with Gasteiger partial charge in [0.1, 0.15) is 10.8 Å². The van der Waals surface area contributed by atoms with Crippen molar-refractivity contribution in [2.24, 2.45) is 5.92 Å². The number of carbonyl (C=O) groups excluding carboxylic acids is 1. The molecule has 3 rings (SSSR count). The van der Waals surface area contributed by atoms with Crippen molar-refractivity contribution < 1.29 is 13.6 Å². The Bertz CT molecular complexity index is 595. The highest BCUT2D eigenvalue weighted by atomic mass is 32.1. The second-order valence-electron chi connectivity index (χ2n) is 5.35. The first-order valence-electron chi connectivity index (χ1n) is 6.78. The molecule has 0 unspecified atom stereocenters. The van der Waals surface area contributed by atoms with Gasteiger partial charge in [-0.1, -0.05) is 12.1 Å². The lowest BCUT2D eigenvalue weighted by molar-refractivity contribution is -0.126. The second kappa shape index (κ2) is 5.20. The van der Waals surface area contributed by atoms with Crippen molar-refractivity contribution in [3.63, 3.8) is 0 Å². The normalized spacial score (nSPS) is 19.3. The lowest BCUT2D eigenvalue weighted by atomic mass is 9.83. The van der Waals surface area contributed by atoms with Crippen LogP contribution in [0.1, 0.15) is 30.7 Å². The lowest BCUT2D eigenvalue weighted by Gasteiger charge is -2.27. The summed E-state index contributed by atoms with van der Waals surface area (Å²) in [5, 5.41) is 0.786. The Morgan fingerprint density at radius 1 is 1.30 bits per heavy atom. The van der Waals surface area contributed by atoms with Gasteiger partial charge in [0.2, 0.25) is 5.92 Å². The predicted molar refractivity (Wildman–Crippen MR) is 75.2 cm³/mol. The molecule has 0 spiro atoms. The molecule has 20 heavy (non-hydrogen) atoms. The molecule has 0 bridgehead atoms. The van der Waals surface area contributed by atoms with Crippen molar-refractivity contribution in [3.05, 3.63) is 29.3 Å². The molecule has 1 aromatic heterocycles. The van der Waals surface area contributed by atoms with Crippen molar-refractivity contribution in [3.8, 4) is 0 Å². The first kappa shape index (κ1) is 13.6. The molecule has 1 aliphatic rings. The molecule has 1 aromatic carbocycles. The summed E-state index contributed by atoms with van der Waals surface area (Å²) in [5.74, 6) is -2.74. The number of hydrogen-bond acceptors (Lipinski definition) is 3. The van der Waals surface area contributed by atoms with Crippen LogP contribution in [-0.4, -0.2) is 16.7 Å². The zero-order valence-corrected chi connectivity index (χ0v) is 11.8. The number of aromatic nitrogens is 1. The molecule has 0 N–H and O–H groups in total. The maximum Gasteiger partial charge on any atom is 0.248 e. The Morgan fingerprint density at radius 3 is 2.70 bits per heavy atom. The number of para-hydroxylation sites is 1. The minimum atomic E-state index is -2.58. The van der Waals surface area contributed by atoms with E-state index in [-0.39, 0.29) is 31.0 Å². The van der Waals surface area contributed by atoms with Gasteiger partial charge in [-0.05, 0) is 25.0 Å². The van der Waals surface area contributed by atoms with Gasteiger partial charge in [-0.15, -0.1) is 11.3 Å². The van der Waals surface area contributed by atoms with Crippen molar-refractivity contribution >= 4 is 27.3 Å². The molecule has 1 fully saturated rings. The number of fused-ring (bicyclic) bond motifs is 1. The third-order valence-electron chi connectivity index (χ3n) is 3.84. The van der Waals surface area contributed by atoms with Gasteiger partial charge < -0.3 is 0 Å². The molecule has 2 aromatic rings. The summed E-state index contributed by atoms with van der Waals surface area (Å²) >= 11 is 1.51. The van der Waals surface area contributed by atoms with E-state index in [1.165, 1.54) is 11.3 Å².